The van der Waals surface area contributed by atoms with Crippen LogP contribution in [0.5, 0.6) is 0 Å². The Morgan fingerprint density at radius 2 is 1.40 bits per heavy atom. The Labute approximate surface area is 207 Å². The number of hydrogen-bond donors (Lipinski definition) is 0. The molecule has 1 aliphatic carbocycles. The van der Waals surface area contributed by atoms with Crippen molar-refractivity contribution >= 4 is 40.4 Å². The molecule has 182 valence electrons. The van der Waals surface area contributed by atoms with Crippen molar-refractivity contribution in [3.05, 3.63) is 77.4 Å². The van der Waals surface area contributed by atoms with Crippen LogP contribution in [0.15, 0.2) is 71.2 Å². The molecule has 2 aromatic rings. The number of aliphatic imine (C=N–C) groups is 1. The number of Topliss-reactive ketones (excluding diaryl/α,β-unsaturated/α-hetero) is 1. The van der Waals surface area contributed by atoms with Crippen molar-refractivity contribution in [1.29, 1.82) is 0 Å². The first kappa shape index (κ1) is 25.8. The predicted molar refractivity (Wildman–Crippen MR) is 140 cm³/mol. The van der Waals surface area contributed by atoms with Crippen LogP contribution >= 0.6 is 0 Å². The van der Waals surface area contributed by atoms with E-state index < -0.39 is 0 Å². The summed E-state index contributed by atoms with van der Waals surface area (Å²) in [4.78, 5) is 42.8. The highest BCUT2D eigenvalue weighted by atomic mass is 16.5. The van der Waals surface area contributed by atoms with E-state index in [2.05, 4.69) is 4.99 Å². The molecule has 0 atom stereocenters. The van der Waals surface area contributed by atoms with Crippen LogP contribution in [0.25, 0.3) is 5.76 Å². The zero-order chi connectivity index (χ0) is 25.8. The molecular weight excluding hydrogens is 440 g/mol. The molecule has 0 radical (unpaired) electrons. The minimum atomic E-state index is -0.375. The lowest BCUT2D eigenvalue weighted by atomic mass is 9.82. The lowest BCUT2D eigenvalue weighted by Crippen LogP contribution is -2.34. The fraction of sp³-hybridized carbons (Fsp3) is 0.310. The van der Waals surface area contributed by atoms with Gasteiger partial charge in [0.05, 0.1) is 11.4 Å². The Balaban J connectivity index is 0.000000815. The van der Waals surface area contributed by atoms with Gasteiger partial charge < -0.3 is 4.74 Å². The molecule has 6 heteroatoms. The molecule has 6 nitrogen and oxygen atoms in total. The monoisotopic (exact) mass is 472 g/mol. The smallest absolute Gasteiger partial charge is 0.258 e. The molecule has 35 heavy (non-hydrogen) atoms. The molecule has 0 aromatic heterocycles. The third-order valence-corrected chi connectivity index (χ3v) is 5.70. The fourth-order valence-corrected chi connectivity index (χ4v) is 4.09. The van der Waals surface area contributed by atoms with E-state index in [9.17, 15) is 14.4 Å². The molecule has 2 aliphatic heterocycles. The molecule has 0 saturated heterocycles. The fourth-order valence-electron chi connectivity index (χ4n) is 4.09. The first-order chi connectivity index (χ1) is 16.8. The minimum absolute atomic E-state index is 0.123. The number of fused-ring (bicyclic) bond motifs is 2. The van der Waals surface area contributed by atoms with Gasteiger partial charge in [-0.1, -0.05) is 52.0 Å². The van der Waals surface area contributed by atoms with Gasteiger partial charge in [-0.25, -0.2) is 9.89 Å². The van der Waals surface area contributed by atoms with Gasteiger partial charge in [0.1, 0.15) is 17.1 Å². The Bertz CT molecular complexity index is 1220. The third kappa shape index (κ3) is 5.02. The topological polar surface area (TPSA) is 76.0 Å². The van der Waals surface area contributed by atoms with Crippen LogP contribution in [0.3, 0.4) is 0 Å². The molecule has 2 amide bonds. The van der Waals surface area contributed by atoms with E-state index in [0.717, 1.165) is 22.4 Å². The number of allylic oxidation sites excluding steroid dienone is 1. The second-order valence-corrected chi connectivity index (χ2v) is 8.37. The lowest BCUT2D eigenvalue weighted by Gasteiger charge is -2.36. The Hall–Kier alpha value is -3.80. The van der Waals surface area contributed by atoms with Crippen molar-refractivity contribution in [2.75, 3.05) is 4.90 Å². The molecule has 0 unspecified atom stereocenters. The van der Waals surface area contributed by atoms with Gasteiger partial charge in [0.15, 0.2) is 0 Å². The number of imide groups is 1. The predicted octanol–water partition coefficient (Wildman–Crippen LogP) is 6.17. The Kier molecular flexibility index (Phi) is 7.85. The van der Waals surface area contributed by atoms with Crippen LogP contribution < -0.4 is 4.90 Å². The first-order valence-corrected chi connectivity index (χ1v) is 12.2. The van der Waals surface area contributed by atoms with Gasteiger partial charge in [0, 0.05) is 28.9 Å². The second kappa shape index (κ2) is 10.6. The number of nitrogens with zero attached hydrogens (tertiary/aromatic N) is 2. The van der Waals surface area contributed by atoms with Crippen LogP contribution in [0.2, 0.25) is 0 Å². The summed E-state index contributed by atoms with van der Waals surface area (Å²) >= 11 is 0. The SMILES string of the molecule is CC.CC.CC1(C)CCC2=C(O1)c1ccccc1C(=Nc1ccc(N3C(=O)C=CC3=O)cc1)C2=O. The standard InChI is InChI=1S/C25H20N2O4.2C2H6/c1-25(2)14-13-19-23(30)22(17-5-3-4-6-18(17)24(19)31-25)26-15-7-9-16(10-8-15)27-20(28)11-12-21(27)29;2*1-2/h3-12H,13-14H2,1-2H3;2*1-2H3. The van der Waals surface area contributed by atoms with E-state index in [-0.39, 0.29) is 23.2 Å². The molecule has 5 rings (SSSR count). The van der Waals surface area contributed by atoms with Gasteiger partial charge in [0.25, 0.3) is 11.8 Å². The highest BCUT2D eigenvalue weighted by molar-refractivity contribution is 6.54. The van der Waals surface area contributed by atoms with Gasteiger partial charge in [-0.2, -0.15) is 0 Å². The number of amides is 2. The summed E-state index contributed by atoms with van der Waals surface area (Å²) in [5.41, 5.74) is 3.35. The summed E-state index contributed by atoms with van der Waals surface area (Å²) in [5, 5.41) is 0. The van der Waals surface area contributed by atoms with Crippen LogP contribution in [0, 0.1) is 0 Å². The zero-order valence-electron chi connectivity index (χ0n) is 21.2. The van der Waals surface area contributed by atoms with E-state index in [1.54, 1.807) is 24.3 Å². The van der Waals surface area contributed by atoms with Crippen LogP contribution in [0.1, 0.15) is 65.5 Å². The number of hydrogen-bond acceptors (Lipinski definition) is 5. The summed E-state index contributed by atoms with van der Waals surface area (Å²) in [6.45, 7) is 12.1. The van der Waals surface area contributed by atoms with Crippen molar-refractivity contribution in [2.45, 2.75) is 60.0 Å². The number of anilines is 1. The van der Waals surface area contributed by atoms with Gasteiger partial charge in [-0.15, -0.1) is 0 Å². The van der Waals surface area contributed by atoms with Crippen molar-refractivity contribution in [2.24, 2.45) is 4.99 Å². The average Bonchev–Trinajstić information content (AvgIpc) is 3.22. The number of ether oxygens (including phenoxy) is 1. The van der Waals surface area contributed by atoms with Gasteiger partial charge in [0.2, 0.25) is 5.78 Å². The van der Waals surface area contributed by atoms with Crippen molar-refractivity contribution in [3.8, 4) is 0 Å². The first-order valence-electron chi connectivity index (χ1n) is 12.2. The summed E-state index contributed by atoms with van der Waals surface area (Å²) in [7, 11) is 0. The van der Waals surface area contributed by atoms with E-state index in [0.29, 0.717) is 34.8 Å². The number of benzene rings is 2. The Morgan fingerprint density at radius 3 is 2.00 bits per heavy atom. The highest BCUT2D eigenvalue weighted by Crippen LogP contribution is 2.41. The van der Waals surface area contributed by atoms with Gasteiger partial charge in [-0.3, -0.25) is 14.4 Å². The highest BCUT2D eigenvalue weighted by Gasteiger charge is 2.38. The normalized spacial score (nSPS) is 18.7. The molecule has 0 spiro atoms. The van der Waals surface area contributed by atoms with Crippen LogP contribution in [0.4, 0.5) is 11.4 Å². The summed E-state index contributed by atoms with van der Waals surface area (Å²) in [5.74, 6) is -0.215. The van der Waals surface area contributed by atoms with Gasteiger partial charge >= 0.3 is 0 Å². The molecule has 0 saturated carbocycles. The third-order valence-electron chi connectivity index (χ3n) is 5.70. The molecule has 0 bridgehead atoms. The maximum Gasteiger partial charge on any atom is 0.258 e. The average molecular weight is 473 g/mol. The van der Waals surface area contributed by atoms with Gasteiger partial charge in [-0.05, 0) is 51.0 Å². The molecular formula is C29H32N2O4. The summed E-state index contributed by atoms with van der Waals surface area (Å²) in [6.07, 6.45) is 3.88. The Morgan fingerprint density at radius 1 is 0.829 bits per heavy atom. The zero-order valence-corrected chi connectivity index (χ0v) is 21.2. The lowest BCUT2D eigenvalue weighted by molar-refractivity contribution is -0.120. The molecule has 0 fully saturated rings. The van der Waals surface area contributed by atoms with E-state index in [4.69, 9.17) is 4.74 Å². The quantitative estimate of drug-likeness (QED) is 0.490. The largest absolute Gasteiger partial charge is 0.487 e. The second-order valence-electron chi connectivity index (χ2n) is 8.37. The van der Waals surface area contributed by atoms with Crippen LogP contribution in [-0.4, -0.2) is 28.9 Å². The molecule has 3 aliphatic rings. The maximum absolute atomic E-state index is 13.3. The summed E-state index contributed by atoms with van der Waals surface area (Å²) < 4.78 is 6.19. The molecule has 0 N–H and O–H groups in total. The van der Waals surface area contributed by atoms with Crippen LogP contribution in [-0.2, 0) is 19.1 Å². The van der Waals surface area contributed by atoms with Crippen molar-refractivity contribution in [1.82, 2.24) is 0 Å². The number of ketones is 1. The van der Waals surface area contributed by atoms with E-state index in [1.165, 1.54) is 12.2 Å². The maximum atomic E-state index is 13.3. The minimum Gasteiger partial charge on any atom is -0.487 e. The van der Waals surface area contributed by atoms with Crippen molar-refractivity contribution < 1.29 is 19.1 Å². The molecule has 2 heterocycles. The number of carbonyl (C=O) groups is 3. The number of carbonyl (C=O) groups excluding carboxylic acids is 3. The van der Waals surface area contributed by atoms with Crippen molar-refractivity contribution in [3.63, 3.8) is 0 Å². The number of rotatable bonds is 2. The van der Waals surface area contributed by atoms with E-state index >= 15 is 0 Å². The van der Waals surface area contributed by atoms with E-state index in [1.807, 2.05) is 65.8 Å². The molecule has 2 aromatic carbocycles. The summed E-state index contributed by atoms with van der Waals surface area (Å²) in [6, 6.07) is 14.3.